The molecule has 13 heavy (non-hydrogen) atoms. The Labute approximate surface area is 78.4 Å². The highest BCUT2D eigenvalue weighted by atomic mass is 32.1. The van der Waals surface area contributed by atoms with E-state index in [1.54, 1.807) is 5.51 Å². The minimum atomic E-state index is -1.46. The molecule has 6 heteroatoms. The molecule has 0 atom stereocenters. The van der Waals surface area contributed by atoms with Crippen molar-refractivity contribution >= 4 is 23.2 Å². The topological polar surface area (TPSA) is 79.3 Å². The van der Waals surface area contributed by atoms with Gasteiger partial charge in [0, 0.05) is 18.3 Å². The summed E-state index contributed by atoms with van der Waals surface area (Å²) in [5.74, 6) is -2.44. The summed E-state index contributed by atoms with van der Waals surface area (Å²) in [6, 6.07) is 0. The highest BCUT2D eigenvalue weighted by molar-refractivity contribution is 7.07. The molecule has 0 unspecified atom stereocenters. The molecule has 0 radical (unpaired) electrons. The lowest BCUT2D eigenvalue weighted by Gasteiger charge is -1.98. The second-order valence-corrected chi connectivity index (χ2v) is 3.01. The molecule has 0 aliphatic heterocycles. The van der Waals surface area contributed by atoms with E-state index in [9.17, 15) is 9.59 Å². The van der Waals surface area contributed by atoms with Crippen LogP contribution in [0.25, 0.3) is 0 Å². The number of carbonyl (C=O) groups excluding carboxylic acids is 1. The Balaban J connectivity index is 2.22. The third-order valence-electron chi connectivity index (χ3n) is 1.34. The van der Waals surface area contributed by atoms with Gasteiger partial charge in [-0.3, -0.25) is 4.79 Å². The Morgan fingerprint density at radius 2 is 2.38 bits per heavy atom. The molecule has 70 valence electrons. The first kappa shape index (κ1) is 9.66. The number of nitrogens with zero attached hydrogens (tertiary/aromatic N) is 1. The van der Waals surface area contributed by atoms with Crippen LogP contribution >= 0.6 is 11.3 Å². The first-order valence-corrected chi connectivity index (χ1v) is 4.52. The molecule has 0 spiro atoms. The number of thiazole rings is 1. The summed E-state index contributed by atoms with van der Waals surface area (Å²) in [5, 5.41) is 12.3. The standard InChI is InChI=1S/C7H8N2O3S/c10-6(7(11)12)8-2-1-5-3-13-4-9-5/h3-4H,1-2H2,(H,8,10)(H,11,12). The van der Waals surface area contributed by atoms with Gasteiger partial charge in [0.25, 0.3) is 0 Å². The van der Waals surface area contributed by atoms with Crippen molar-refractivity contribution in [1.29, 1.82) is 0 Å². The van der Waals surface area contributed by atoms with E-state index in [1.165, 1.54) is 11.3 Å². The fraction of sp³-hybridized carbons (Fsp3) is 0.286. The molecular weight excluding hydrogens is 192 g/mol. The highest BCUT2D eigenvalue weighted by Gasteiger charge is 2.09. The Bertz CT molecular complexity index is 297. The maximum absolute atomic E-state index is 10.5. The van der Waals surface area contributed by atoms with Crippen LogP contribution < -0.4 is 5.32 Å². The van der Waals surface area contributed by atoms with Crippen LogP contribution in [0, 0.1) is 0 Å². The van der Waals surface area contributed by atoms with Gasteiger partial charge in [0.1, 0.15) is 0 Å². The summed E-state index contributed by atoms with van der Waals surface area (Å²) in [5.41, 5.74) is 2.55. The molecule has 0 aliphatic rings. The van der Waals surface area contributed by atoms with Crippen LogP contribution in [0.5, 0.6) is 0 Å². The third kappa shape index (κ3) is 3.20. The number of carboxylic acid groups (broad SMARTS) is 1. The van der Waals surface area contributed by atoms with Gasteiger partial charge >= 0.3 is 11.9 Å². The number of amides is 1. The molecule has 0 bridgehead atoms. The van der Waals surface area contributed by atoms with Crippen LogP contribution in [-0.4, -0.2) is 28.5 Å². The summed E-state index contributed by atoms with van der Waals surface area (Å²) >= 11 is 1.46. The van der Waals surface area contributed by atoms with E-state index in [0.29, 0.717) is 13.0 Å². The molecule has 0 aromatic carbocycles. The van der Waals surface area contributed by atoms with Gasteiger partial charge in [-0.1, -0.05) is 0 Å². The summed E-state index contributed by atoms with van der Waals surface area (Å²) < 4.78 is 0. The van der Waals surface area contributed by atoms with E-state index in [0.717, 1.165) is 5.69 Å². The molecular formula is C7H8N2O3S. The number of rotatable bonds is 3. The van der Waals surface area contributed by atoms with Crippen LogP contribution in [0.2, 0.25) is 0 Å². The van der Waals surface area contributed by atoms with E-state index in [2.05, 4.69) is 10.3 Å². The van der Waals surface area contributed by atoms with Crippen molar-refractivity contribution in [2.75, 3.05) is 6.54 Å². The molecule has 1 rings (SSSR count). The SMILES string of the molecule is O=C(O)C(=O)NCCc1cscn1. The van der Waals surface area contributed by atoms with Gasteiger partial charge in [-0.15, -0.1) is 11.3 Å². The predicted molar refractivity (Wildman–Crippen MR) is 46.5 cm³/mol. The maximum atomic E-state index is 10.5. The van der Waals surface area contributed by atoms with Gasteiger partial charge in [0.2, 0.25) is 0 Å². The van der Waals surface area contributed by atoms with E-state index >= 15 is 0 Å². The minimum Gasteiger partial charge on any atom is -0.474 e. The maximum Gasteiger partial charge on any atom is 0.394 e. The van der Waals surface area contributed by atoms with E-state index in [-0.39, 0.29) is 0 Å². The van der Waals surface area contributed by atoms with Crippen molar-refractivity contribution in [2.45, 2.75) is 6.42 Å². The summed E-state index contributed by atoms with van der Waals surface area (Å²) in [4.78, 5) is 24.6. The number of aliphatic carboxylic acids is 1. The third-order valence-corrected chi connectivity index (χ3v) is 1.98. The van der Waals surface area contributed by atoms with Gasteiger partial charge in [-0.05, 0) is 0 Å². The normalized spacial score (nSPS) is 9.54. The van der Waals surface area contributed by atoms with Gasteiger partial charge in [0.15, 0.2) is 0 Å². The number of hydrogen-bond donors (Lipinski definition) is 2. The lowest BCUT2D eigenvalue weighted by atomic mass is 10.3. The molecule has 1 amide bonds. The smallest absolute Gasteiger partial charge is 0.394 e. The fourth-order valence-corrected chi connectivity index (χ4v) is 1.33. The summed E-state index contributed by atoms with van der Waals surface area (Å²) in [7, 11) is 0. The molecule has 1 aromatic heterocycles. The molecule has 0 saturated carbocycles. The zero-order chi connectivity index (χ0) is 9.68. The summed E-state index contributed by atoms with van der Waals surface area (Å²) in [6.45, 7) is 0.300. The first-order chi connectivity index (χ1) is 6.20. The lowest BCUT2D eigenvalue weighted by molar-refractivity contribution is -0.150. The number of hydrogen-bond acceptors (Lipinski definition) is 4. The average Bonchev–Trinajstić information content (AvgIpc) is 2.56. The zero-order valence-electron chi connectivity index (χ0n) is 6.69. The van der Waals surface area contributed by atoms with Crippen molar-refractivity contribution in [3.8, 4) is 0 Å². The van der Waals surface area contributed by atoms with E-state index < -0.39 is 11.9 Å². The Kier molecular flexibility index (Phi) is 3.39. The number of aromatic nitrogens is 1. The van der Waals surface area contributed by atoms with Gasteiger partial charge in [-0.25, -0.2) is 9.78 Å². The minimum absolute atomic E-state index is 0.300. The molecule has 2 N–H and O–H groups in total. The molecule has 5 nitrogen and oxygen atoms in total. The van der Waals surface area contributed by atoms with Gasteiger partial charge in [-0.2, -0.15) is 0 Å². The molecule has 0 fully saturated rings. The van der Waals surface area contributed by atoms with Gasteiger partial charge < -0.3 is 10.4 Å². The molecule has 1 heterocycles. The lowest BCUT2D eigenvalue weighted by Crippen LogP contribution is -2.32. The van der Waals surface area contributed by atoms with Crippen LogP contribution in [0.15, 0.2) is 10.9 Å². The molecule has 0 aliphatic carbocycles. The predicted octanol–water partition coefficient (Wildman–Crippen LogP) is -0.114. The fourth-order valence-electron chi connectivity index (χ4n) is 0.741. The van der Waals surface area contributed by atoms with E-state index in [1.807, 2.05) is 5.38 Å². The molecule has 1 aromatic rings. The second kappa shape index (κ2) is 4.56. The second-order valence-electron chi connectivity index (χ2n) is 2.29. The van der Waals surface area contributed by atoms with Crippen LogP contribution in [0.3, 0.4) is 0 Å². The number of nitrogens with one attached hydrogen (secondary N) is 1. The van der Waals surface area contributed by atoms with E-state index in [4.69, 9.17) is 5.11 Å². The Morgan fingerprint density at radius 3 is 2.92 bits per heavy atom. The zero-order valence-corrected chi connectivity index (χ0v) is 7.50. The van der Waals surface area contributed by atoms with Gasteiger partial charge in [0.05, 0.1) is 11.2 Å². The monoisotopic (exact) mass is 200 g/mol. The van der Waals surface area contributed by atoms with Crippen molar-refractivity contribution < 1.29 is 14.7 Å². The number of carbonyl (C=O) groups is 2. The largest absolute Gasteiger partial charge is 0.474 e. The molecule has 0 saturated heterocycles. The Hall–Kier alpha value is -1.43. The van der Waals surface area contributed by atoms with Crippen LogP contribution in [0.4, 0.5) is 0 Å². The van der Waals surface area contributed by atoms with Crippen molar-refractivity contribution in [3.05, 3.63) is 16.6 Å². The summed E-state index contributed by atoms with van der Waals surface area (Å²) in [6.07, 6.45) is 0.558. The van der Waals surface area contributed by atoms with Crippen molar-refractivity contribution in [2.24, 2.45) is 0 Å². The number of carboxylic acids is 1. The van der Waals surface area contributed by atoms with Crippen molar-refractivity contribution in [3.63, 3.8) is 0 Å². The van der Waals surface area contributed by atoms with Crippen molar-refractivity contribution in [1.82, 2.24) is 10.3 Å². The first-order valence-electron chi connectivity index (χ1n) is 3.58. The average molecular weight is 200 g/mol. The van der Waals surface area contributed by atoms with Crippen LogP contribution in [0.1, 0.15) is 5.69 Å². The van der Waals surface area contributed by atoms with Crippen LogP contribution in [-0.2, 0) is 16.0 Å². The highest BCUT2D eigenvalue weighted by Crippen LogP contribution is 2.00. The quantitative estimate of drug-likeness (QED) is 0.667. The Morgan fingerprint density at radius 1 is 1.62 bits per heavy atom.